The number of halogens is 7. The second-order valence-corrected chi connectivity index (χ2v) is 3.80. The van der Waals surface area contributed by atoms with E-state index in [4.69, 9.17) is 0 Å². The van der Waals surface area contributed by atoms with Gasteiger partial charge in [0.15, 0.2) is 5.69 Å². The molecule has 0 unspecified atom stereocenters. The van der Waals surface area contributed by atoms with Crippen LogP contribution in [0.3, 0.4) is 0 Å². The normalized spacial score (nSPS) is 12.2. The lowest BCUT2D eigenvalue weighted by Gasteiger charge is -2.15. The number of aromatic nitrogens is 1. The van der Waals surface area contributed by atoms with Gasteiger partial charge in [-0.1, -0.05) is 0 Å². The van der Waals surface area contributed by atoms with E-state index >= 15 is 0 Å². The van der Waals surface area contributed by atoms with Crippen molar-refractivity contribution in [1.82, 2.24) is 4.98 Å². The summed E-state index contributed by atoms with van der Waals surface area (Å²) in [5.41, 5.74) is -3.00. The molecule has 0 radical (unpaired) electrons. The average Bonchev–Trinajstić information content (AvgIpc) is 2.30. The van der Waals surface area contributed by atoms with Crippen molar-refractivity contribution in [2.24, 2.45) is 0 Å². The van der Waals surface area contributed by atoms with Gasteiger partial charge < -0.3 is 9.47 Å². The smallest absolute Gasteiger partial charge is 0.466 e. The minimum absolute atomic E-state index is 0.134. The third kappa shape index (κ3) is 5.04. The molecule has 0 spiro atoms. The molecule has 4 nitrogen and oxygen atoms in total. The Morgan fingerprint density at radius 1 is 1.23 bits per heavy atom. The van der Waals surface area contributed by atoms with E-state index in [1.165, 1.54) is 6.92 Å². The predicted molar refractivity (Wildman–Crippen MR) is 56.2 cm³/mol. The van der Waals surface area contributed by atoms with Gasteiger partial charge in [0, 0.05) is 6.07 Å². The summed E-state index contributed by atoms with van der Waals surface area (Å²) >= 11 is 0. The second-order valence-electron chi connectivity index (χ2n) is 3.80. The van der Waals surface area contributed by atoms with Crippen LogP contribution in [0.15, 0.2) is 6.07 Å². The van der Waals surface area contributed by atoms with Gasteiger partial charge in [-0.25, -0.2) is 4.98 Å². The van der Waals surface area contributed by atoms with Gasteiger partial charge in [0.25, 0.3) is 0 Å². The number of hydrogen-bond acceptors (Lipinski definition) is 4. The zero-order valence-corrected chi connectivity index (χ0v) is 10.8. The second kappa shape index (κ2) is 6.36. The molecule has 22 heavy (non-hydrogen) atoms. The SMILES string of the molecule is CCOC(=O)Cc1c(OC(F)(F)F)cc(C(F)(F)F)nc1F. The first kappa shape index (κ1) is 18.0. The maximum Gasteiger partial charge on any atom is 0.573 e. The van der Waals surface area contributed by atoms with Crippen LogP contribution in [-0.2, 0) is 22.1 Å². The zero-order valence-electron chi connectivity index (χ0n) is 10.8. The molecule has 0 amide bonds. The topological polar surface area (TPSA) is 48.4 Å². The largest absolute Gasteiger partial charge is 0.573 e. The standard InChI is InChI=1S/C11H8F7NO3/c1-2-21-8(20)3-5-6(22-11(16,17)18)4-7(10(13,14)15)19-9(5)12/h4H,2-3H2,1H3. The number of rotatable bonds is 4. The molecule has 1 aromatic heterocycles. The molecule has 1 heterocycles. The quantitative estimate of drug-likeness (QED) is 0.481. The molecule has 124 valence electrons. The fraction of sp³-hybridized carbons (Fsp3) is 0.455. The van der Waals surface area contributed by atoms with E-state index in [1.807, 2.05) is 0 Å². The Hall–Kier alpha value is -2.07. The highest BCUT2D eigenvalue weighted by molar-refractivity contribution is 5.73. The summed E-state index contributed by atoms with van der Waals surface area (Å²) in [6, 6.07) is -0.134. The Kier molecular flexibility index (Phi) is 5.20. The van der Waals surface area contributed by atoms with Crippen molar-refractivity contribution in [3.63, 3.8) is 0 Å². The summed E-state index contributed by atoms with van der Waals surface area (Å²) in [5, 5.41) is 0. The summed E-state index contributed by atoms with van der Waals surface area (Å²) in [7, 11) is 0. The molecule has 0 aliphatic carbocycles. The lowest BCUT2D eigenvalue weighted by atomic mass is 10.1. The van der Waals surface area contributed by atoms with Crippen LogP contribution in [0.25, 0.3) is 0 Å². The van der Waals surface area contributed by atoms with E-state index in [2.05, 4.69) is 14.5 Å². The zero-order chi connectivity index (χ0) is 17.1. The number of hydrogen-bond donors (Lipinski definition) is 0. The average molecular weight is 335 g/mol. The van der Waals surface area contributed by atoms with Crippen molar-refractivity contribution < 1.29 is 45.0 Å². The molecule has 1 aromatic rings. The molecule has 0 bridgehead atoms. The first-order valence-corrected chi connectivity index (χ1v) is 5.62. The number of alkyl halides is 6. The molecule has 11 heteroatoms. The minimum Gasteiger partial charge on any atom is -0.466 e. The monoisotopic (exact) mass is 335 g/mol. The molecule has 0 atom stereocenters. The van der Waals surface area contributed by atoms with Crippen molar-refractivity contribution in [2.75, 3.05) is 6.61 Å². The van der Waals surface area contributed by atoms with Crippen LogP contribution in [-0.4, -0.2) is 23.9 Å². The third-order valence-electron chi connectivity index (χ3n) is 2.18. The summed E-state index contributed by atoms with van der Waals surface area (Å²) in [4.78, 5) is 13.7. The molecule has 0 N–H and O–H groups in total. The molecule has 0 saturated carbocycles. The van der Waals surface area contributed by atoms with E-state index in [0.717, 1.165) is 0 Å². The minimum atomic E-state index is -5.37. The number of ether oxygens (including phenoxy) is 2. The van der Waals surface area contributed by atoms with E-state index in [9.17, 15) is 35.5 Å². The van der Waals surface area contributed by atoms with E-state index < -0.39 is 47.9 Å². The van der Waals surface area contributed by atoms with E-state index in [1.54, 1.807) is 0 Å². The molecule has 0 saturated heterocycles. The molecular weight excluding hydrogens is 327 g/mol. The first-order valence-electron chi connectivity index (χ1n) is 5.62. The number of pyridine rings is 1. The Balaban J connectivity index is 3.31. The van der Waals surface area contributed by atoms with Crippen molar-refractivity contribution in [1.29, 1.82) is 0 Å². The van der Waals surface area contributed by atoms with Crippen LogP contribution in [0.2, 0.25) is 0 Å². The number of nitrogens with zero attached hydrogens (tertiary/aromatic N) is 1. The fourth-order valence-electron chi connectivity index (χ4n) is 1.40. The number of esters is 1. The van der Waals surface area contributed by atoms with Gasteiger partial charge in [0.1, 0.15) is 5.75 Å². The van der Waals surface area contributed by atoms with Crippen LogP contribution in [0, 0.1) is 5.95 Å². The molecule has 0 fully saturated rings. The van der Waals surface area contributed by atoms with Gasteiger partial charge in [-0.05, 0) is 6.92 Å². The molecule has 1 rings (SSSR count). The van der Waals surface area contributed by atoms with Crippen LogP contribution in [0.4, 0.5) is 30.7 Å². The van der Waals surface area contributed by atoms with Gasteiger partial charge >= 0.3 is 18.5 Å². The molecule has 0 aliphatic rings. The van der Waals surface area contributed by atoms with Crippen molar-refractivity contribution in [2.45, 2.75) is 25.9 Å². The maximum absolute atomic E-state index is 13.6. The van der Waals surface area contributed by atoms with Crippen molar-refractivity contribution >= 4 is 5.97 Å². The van der Waals surface area contributed by atoms with E-state index in [0.29, 0.717) is 0 Å². The highest BCUT2D eigenvalue weighted by Gasteiger charge is 2.38. The van der Waals surface area contributed by atoms with Crippen LogP contribution in [0.5, 0.6) is 5.75 Å². The van der Waals surface area contributed by atoms with Gasteiger partial charge in [0.05, 0.1) is 18.6 Å². The first-order chi connectivity index (χ1) is 9.94. The number of carbonyl (C=O) groups excluding carboxylic acids is 1. The maximum atomic E-state index is 13.6. The fourth-order valence-corrected chi connectivity index (χ4v) is 1.40. The molecule has 0 aliphatic heterocycles. The highest BCUT2D eigenvalue weighted by atomic mass is 19.4. The van der Waals surface area contributed by atoms with Crippen LogP contribution < -0.4 is 4.74 Å². The summed E-state index contributed by atoms with van der Waals surface area (Å²) in [5.74, 6) is -4.54. The lowest BCUT2D eigenvalue weighted by molar-refractivity contribution is -0.275. The van der Waals surface area contributed by atoms with Crippen molar-refractivity contribution in [3.05, 3.63) is 23.3 Å². The van der Waals surface area contributed by atoms with E-state index in [-0.39, 0.29) is 12.7 Å². The van der Waals surface area contributed by atoms with Crippen molar-refractivity contribution in [3.8, 4) is 5.75 Å². The summed E-state index contributed by atoms with van der Waals surface area (Å²) in [6.07, 6.45) is -11.6. The Bertz CT molecular complexity index is 554. The molecular formula is C11H8F7NO3. The van der Waals surface area contributed by atoms with Gasteiger partial charge in [0.2, 0.25) is 5.95 Å². The Morgan fingerprint density at radius 2 is 1.82 bits per heavy atom. The van der Waals surface area contributed by atoms with Gasteiger partial charge in [-0.15, -0.1) is 13.2 Å². The van der Waals surface area contributed by atoms with Crippen LogP contribution in [0.1, 0.15) is 18.2 Å². The van der Waals surface area contributed by atoms with Crippen LogP contribution >= 0.6 is 0 Å². The lowest BCUT2D eigenvalue weighted by Crippen LogP contribution is -2.21. The summed E-state index contributed by atoms with van der Waals surface area (Å²) < 4.78 is 95.2. The Labute approximate surface area is 118 Å². The Morgan fingerprint density at radius 3 is 2.27 bits per heavy atom. The highest BCUT2D eigenvalue weighted by Crippen LogP contribution is 2.35. The van der Waals surface area contributed by atoms with Gasteiger partial charge in [-0.3, -0.25) is 4.79 Å². The molecule has 0 aromatic carbocycles. The summed E-state index contributed by atoms with van der Waals surface area (Å²) in [6.45, 7) is 1.23. The third-order valence-corrected chi connectivity index (χ3v) is 2.18. The number of carbonyl (C=O) groups is 1. The van der Waals surface area contributed by atoms with Gasteiger partial charge in [-0.2, -0.15) is 17.6 Å². The predicted octanol–water partition coefficient (Wildman–Crippen LogP) is 3.24.